The first-order chi connectivity index (χ1) is 13.9. The molecule has 0 atom stereocenters. The van der Waals surface area contributed by atoms with E-state index < -0.39 is 11.2 Å². The molecule has 0 saturated carbocycles. The molecule has 0 spiro atoms. The van der Waals surface area contributed by atoms with Crippen LogP contribution in [0.1, 0.15) is 16.7 Å². The van der Waals surface area contributed by atoms with Gasteiger partial charge in [-0.2, -0.15) is 4.98 Å². The molecule has 2 aromatic carbocycles. The molecule has 0 saturated heterocycles. The molecule has 4 aromatic rings. The van der Waals surface area contributed by atoms with Gasteiger partial charge in [-0.3, -0.25) is 18.5 Å². The molecule has 0 amide bonds. The van der Waals surface area contributed by atoms with Gasteiger partial charge in [-0.15, -0.1) is 0 Å². The number of hydrogen-bond donors (Lipinski definition) is 0. The lowest BCUT2D eigenvalue weighted by atomic mass is 10.1. The molecule has 0 fully saturated rings. The summed E-state index contributed by atoms with van der Waals surface area (Å²) in [6, 6.07) is 15.6. The molecule has 0 aliphatic rings. The molecule has 2 heterocycles. The maximum absolute atomic E-state index is 13.1. The van der Waals surface area contributed by atoms with E-state index in [1.54, 1.807) is 18.7 Å². The Hall–Kier alpha value is -3.61. The number of imidazole rings is 1. The molecule has 7 nitrogen and oxygen atoms in total. The molecular weight excluding hydrogens is 368 g/mol. The maximum atomic E-state index is 13.1. The number of hydrogen-bond acceptors (Lipinski definition) is 4. The van der Waals surface area contributed by atoms with Crippen molar-refractivity contribution in [3.8, 4) is 11.8 Å². The minimum absolute atomic E-state index is 0.195. The Morgan fingerprint density at radius 1 is 0.966 bits per heavy atom. The van der Waals surface area contributed by atoms with Crippen LogP contribution in [0.2, 0.25) is 0 Å². The van der Waals surface area contributed by atoms with Crippen LogP contribution < -0.4 is 16.0 Å². The second-order valence-electron chi connectivity index (χ2n) is 7.22. The van der Waals surface area contributed by atoms with Crippen molar-refractivity contribution in [3.63, 3.8) is 0 Å². The lowest BCUT2D eigenvalue weighted by Gasteiger charge is -2.09. The van der Waals surface area contributed by atoms with Crippen molar-refractivity contribution in [3.05, 3.63) is 86.1 Å². The molecule has 7 heteroatoms. The zero-order valence-corrected chi connectivity index (χ0v) is 16.8. The van der Waals surface area contributed by atoms with Gasteiger partial charge in [0.25, 0.3) is 5.56 Å². The van der Waals surface area contributed by atoms with E-state index in [2.05, 4.69) is 4.98 Å². The highest BCUT2D eigenvalue weighted by molar-refractivity contribution is 5.72. The number of benzene rings is 2. The number of rotatable bonds is 4. The van der Waals surface area contributed by atoms with Crippen LogP contribution in [0.3, 0.4) is 0 Å². The van der Waals surface area contributed by atoms with Crippen LogP contribution in [0, 0.1) is 13.8 Å². The van der Waals surface area contributed by atoms with Gasteiger partial charge in [0.1, 0.15) is 5.75 Å². The highest BCUT2D eigenvalue weighted by Crippen LogP contribution is 2.26. The van der Waals surface area contributed by atoms with Crippen molar-refractivity contribution in [1.29, 1.82) is 0 Å². The fourth-order valence-corrected chi connectivity index (χ4v) is 3.34. The predicted molar refractivity (Wildman–Crippen MR) is 112 cm³/mol. The lowest BCUT2D eigenvalue weighted by molar-refractivity contribution is 0.424. The lowest BCUT2D eigenvalue weighted by Crippen LogP contribution is -2.39. The highest BCUT2D eigenvalue weighted by Gasteiger charge is 2.20. The van der Waals surface area contributed by atoms with Crippen LogP contribution in [0.5, 0.6) is 11.8 Å². The summed E-state index contributed by atoms with van der Waals surface area (Å²) in [5.74, 6) is 0.665. The van der Waals surface area contributed by atoms with Crippen LogP contribution in [0.15, 0.2) is 58.1 Å². The van der Waals surface area contributed by atoms with Crippen molar-refractivity contribution in [2.45, 2.75) is 20.4 Å². The minimum atomic E-state index is -0.414. The number of aromatic nitrogens is 4. The number of ether oxygens (including phenoxy) is 1. The Balaban J connectivity index is 1.87. The Morgan fingerprint density at radius 3 is 2.41 bits per heavy atom. The van der Waals surface area contributed by atoms with E-state index in [-0.39, 0.29) is 12.6 Å². The Kier molecular flexibility index (Phi) is 4.58. The molecule has 0 aliphatic heterocycles. The van der Waals surface area contributed by atoms with Gasteiger partial charge in [-0.1, -0.05) is 42.5 Å². The first-order valence-corrected chi connectivity index (χ1v) is 9.32. The monoisotopic (exact) mass is 390 g/mol. The number of aryl methyl sites for hydroxylation is 4. The Bertz CT molecular complexity index is 1330. The van der Waals surface area contributed by atoms with Crippen LogP contribution in [-0.4, -0.2) is 18.7 Å². The smallest absolute Gasteiger partial charge is 0.332 e. The van der Waals surface area contributed by atoms with Crippen LogP contribution >= 0.6 is 0 Å². The molecule has 0 unspecified atom stereocenters. The van der Waals surface area contributed by atoms with Gasteiger partial charge < -0.3 is 4.74 Å². The number of nitrogens with zero attached hydrogens (tertiary/aromatic N) is 4. The maximum Gasteiger partial charge on any atom is 0.332 e. The summed E-state index contributed by atoms with van der Waals surface area (Å²) in [5.41, 5.74) is 2.70. The van der Waals surface area contributed by atoms with Crippen molar-refractivity contribution in [1.82, 2.24) is 18.7 Å². The first-order valence-electron chi connectivity index (χ1n) is 9.32. The van der Waals surface area contributed by atoms with Crippen molar-refractivity contribution in [2.75, 3.05) is 0 Å². The van der Waals surface area contributed by atoms with Crippen LogP contribution in [0.25, 0.3) is 11.2 Å². The van der Waals surface area contributed by atoms with E-state index in [0.29, 0.717) is 16.9 Å². The predicted octanol–water partition coefficient (Wildman–Crippen LogP) is 2.89. The van der Waals surface area contributed by atoms with E-state index >= 15 is 0 Å². The second kappa shape index (κ2) is 7.09. The van der Waals surface area contributed by atoms with Gasteiger partial charge in [0.15, 0.2) is 11.2 Å². The molecule has 4 rings (SSSR count). The van der Waals surface area contributed by atoms with E-state index in [1.807, 2.05) is 62.4 Å². The Morgan fingerprint density at radius 2 is 1.69 bits per heavy atom. The summed E-state index contributed by atoms with van der Waals surface area (Å²) in [4.78, 5) is 30.4. The minimum Gasteiger partial charge on any atom is -0.425 e. The SMILES string of the molecule is Cc1ccc(C)c(Oc2nc3c(c(=O)n(Cc4ccccc4)c(=O)n3C)n2C)c1. The molecule has 0 N–H and O–H groups in total. The highest BCUT2D eigenvalue weighted by atomic mass is 16.5. The summed E-state index contributed by atoms with van der Waals surface area (Å²) in [7, 11) is 3.33. The van der Waals surface area contributed by atoms with Crippen LogP contribution in [0.4, 0.5) is 0 Å². The molecule has 0 radical (unpaired) electrons. The third-order valence-electron chi connectivity index (χ3n) is 5.05. The average molecular weight is 390 g/mol. The topological polar surface area (TPSA) is 71.1 Å². The van der Waals surface area contributed by atoms with E-state index in [4.69, 9.17) is 4.74 Å². The molecule has 2 aromatic heterocycles. The van der Waals surface area contributed by atoms with Gasteiger partial charge in [0.2, 0.25) is 0 Å². The molecular formula is C22H22N4O3. The van der Waals surface area contributed by atoms with Crippen LogP contribution in [-0.2, 0) is 20.6 Å². The van der Waals surface area contributed by atoms with Gasteiger partial charge in [-0.05, 0) is 36.6 Å². The molecule has 148 valence electrons. The summed E-state index contributed by atoms with van der Waals surface area (Å²) >= 11 is 0. The van der Waals surface area contributed by atoms with Crippen molar-refractivity contribution in [2.24, 2.45) is 14.1 Å². The standard InChI is InChI=1S/C22H22N4O3/c1-14-10-11-15(2)17(12-14)29-21-23-19-18(24(21)3)20(27)26(22(28)25(19)4)13-16-8-6-5-7-9-16/h5-12H,13H2,1-4H3. The summed E-state index contributed by atoms with van der Waals surface area (Å²) < 4.78 is 10.2. The number of fused-ring (bicyclic) bond motifs is 1. The largest absolute Gasteiger partial charge is 0.425 e. The van der Waals surface area contributed by atoms with E-state index in [9.17, 15) is 9.59 Å². The summed E-state index contributed by atoms with van der Waals surface area (Å²) in [5, 5.41) is 0. The molecule has 0 bridgehead atoms. The quantitative estimate of drug-likeness (QED) is 0.537. The fraction of sp³-hybridized carbons (Fsp3) is 0.227. The summed E-state index contributed by atoms with van der Waals surface area (Å²) in [6.07, 6.45) is 0. The molecule has 29 heavy (non-hydrogen) atoms. The van der Waals surface area contributed by atoms with Crippen molar-refractivity contribution < 1.29 is 4.74 Å². The molecule has 0 aliphatic carbocycles. The van der Waals surface area contributed by atoms with Crippen molar-refractivity contribution >= 4 is 11.2 Å². The van der Waals surface area contributed by atoms with E-state index in [0.717, 1.165) is 16.7 Å². The third kappa shape index (κ3) is 3.24. The fourth-order valence-electron chi connectivity index (χ4n) is 3.34. The normalized spacial score (nSPS) is 11.2. The average Bonchev–Trinajstić information content (AvgIpc) is 3.04. The van der Waals surface area contributed by atoms with Gasteiger partial charge in [0.05, 0.1) is 6.54 Å². The zero-order chi connectivity index (χ0) is 20.7. The summed E-state index contributed by atoms with van der Waals surface area (Å²) in [6.45, 7) is 4.12. The first kappa shape index (κ1) is 18.7. The Labute approximate surface area is 167 Å². The second-order valence-corrected chi connectivity index (χ2v) is 7.22. The third-order valence-corrected chi connectivity index (χ3v) is 5.05. The van der Waals surface area contributed by atoms with Gasteiger partial charge in [0, 0.05) is 14.1 Å². The van der Waals surface area contributed by atoms with E-state index in [1.165, 1.54) is 9.13 Å². The van der Waals surface area contributed by atoms with Gasteiger partial charge >= 0.3 is 11.7 Å². The zero-order valence-electron chi connectivity index (χ0n) is 16.8. The van der Waals surface area contributed by atoms with Gasteiger partial charge in [-0.25, -0.2) is 4.79 Å².